The molecule has 0 radical (unpaired) electrons. The highest BCUT2D eigenvalue weighted by molar-refractivity contribution is 5.97. The van der Waals surface area contributed by atoms with E-state index in [1.807, 2.05) is 24.4 Å². The van der Waals surface area contributed by atoms with E-state index >= 15 is 0 Å². The number of hydrogen-bond donors (Lipinski definition) is 2. The molecular weight excluding hydrogens is 374 g/mol. The smallest absolute Gasteiger partial charge is 0.106 e. The van der Waals surface area contributed by atoms with Crippen LogP contribution in [0, 0.1) is 17.7 Å². The summed E-state index contributed by atoms with van der Waals surface area (Å²) in [4.78, 5) is 13.4. The number of nitrogens with zero attached hydrogens (tertiary/aromatic N) is 5. The van der Waals surface area contributed by atoms with Crippen LogP contribution in [-0.4, -0.2) is 33.8 Å². The van der Waals surface area contributed by atoms with Crippen LogP contribution in [0.4, 0.5) is 11.4 Å². The number of rotatable bonds is 6. The van der Waals surface area contributed by atoms with E-state index in [0.717, 1.165) is 66.5 Å². The number of pyridine rings is 1. The molecule has 0 bridgehead atoms. The Labute approximate surface area is 177 Å². The Morgan fingerprint density at radius 2 is 1.80 bits per heavy atom. The first-order valence-corrected chi connectivity index (χ1v) is 10.2. The summed E-state index contributed by atoms with van der Waals surface area (Å²) in [5.74, 6) is 1.37. The van der Waals surface area contributed by atoms with E-state index < -0.39 is 0 Å². The van der Waals surface area contributed by atoms with Crippen LogP contribution in [0.3, 0.4) is 0 Å². The molecule has 30 heavy (non-hydrogen) atoms. The van der Waals surface area contributed by atoms with Gasteiger partial charge in [-0.1, -0.05) is 13.8 Å². The van der Waals surface area contributed by atoms with Crippen molar-refractivity contribution in [2.75, 3.05) is 16.3 Å². The van der Waals surface area contributed by atoms with Crippen molar-refractivity contribution >= 4 is 24.1 Å². The highest BCUT2D eigenvalue weighted by atomic mass is 15.2. The normalized spacial score (nSPS) is 13.3. The van der Waals surface area contributed by atoms with Gasteiger partial charge < -0.3 is 9.47 Å². The molecule has 1 aromatic carbocycles. The predicted octanol–water partition coefficient (Wildman–Crippen LogP) is 4.42. The van der Waals surface area contributed by atoms with Crippen LogP contribution in [0.5, 0.6) is 0 Å². The van der Waals surface area contributed by atoms with Gasteiger partial charge in [-0.3, -0.25) is 20.7 Å². The van der Waals surface area contributed by atoms with Crippen LogP contribution in [0.15, 0.2) is 42.6 Å². The molecule has 3 heterocycles. The number of aryl methyl sites for hydroxylation is 1. The predicted molar refractivity (Wildman–Crippen MR) is 122 cm³/mol. The molecule has 0 aliphatic carbocycles. The van der Waals surface area contributed by atoms with Crippen molar-refractivity contribution in [3.8, 4) is 11.3 Å². The van der Waals surface area contributed by atoms with Crippen molar-refractivity contribution in [3.63, 3.8) is 0 Å². The molecule has 7 heteroatoms. The number of hydrogen-bond acceptors (Lipinski definition) is 5. The summed E-state index contributed by atoms with van der Waals surface area (Å²) < 4.78 is 2.32. The second-order valence-electron chi connectivity index (χ2n) is 7.80. The second kappa shape index (κ2) is 8.10. The van der Waals surface area contributed by atoms with Gasteiger partial charge in [0.25, 0.3) is 0 Å². The van der Waals surface area contributed by atoms with Crippen molar-refractivity contribution in [1.82, 2.24) is 14.5 Å². The zero-order valence-corrected chi connectivity index (χ0v) is 17.6. The fourth-order valence-electron chi connectivity index (χ4n) is 4.08. The summed E-state index contributed by atoms with van der Waals surface area (Å²) in [6, 6.07) is 12.1. The minimum Gasteiger partial charge on any atom is -0.364 e. The van der Waals surface area contributed by atoms with E-state index in [1.165, 1.54) is 10.6 Å². The molecule has 3 aromatic rings. The Balaban J connectivity index is 1.68. The third-order valence-corrected chi connectivity index (χ3v) is 5.63. The van der Waals surface area contributed by atoms with Gasteiger partial charge in [0, 0.05) is 36.2 Å². The fraction of sp³-hybridized carbons (Fsp3) is 0.304. The van der Waals surface area contributed by atoms with E-state index in [9.17, 15) is 0 Å². The van der Waals surface area contributed by atoms with E-state index in [4.69, 9.17) is 15.8 Å². The zero-order chi connectivity index (χ0) is 21.3. The second-order valence-corrected chi connectivity index (χ2v) is 7.80. The molecule has 2 aromatic heterocycles. The summed E-state index contributed by atoms with van der Waals surface area (Å²) >= 11 is 0. The lowest BCUT2D eigenvalue weighted by atomic mass is 10.00. The van der Waals surface area contributed by atoms with Gasteiger partial charge in [0.2, 0.25) is 0 Å². The standard InChI is InChI=1S/C23H27N7/c1-16(2)22-20(5-4-10-26-22)23-21-13-28(11-12-30(21)17(3)27-23)18-6-8-19(9-7-18)29(14-24)15-25/h4-10,14-16,24-25H,11-13H2,1-3H3. The minimum atomic E-state index is 0.330. The zero-order valence-electron chi connectivity index (χ0n) is 17.6. The van der Waals surface area contributed by atoms with Crippen LogP contribution < -0.4 is 9.80 Å². The molecule has 2 N–H and O–H groups in total. The number of nitrogens with one attached hydrogen (secondary N) is 2. The van der Waals surface area contributed by atoms with Crippen LogP contribution >= 0.6 is 0 Å². The van der Waals surface area contributed by atoms with E-state index in [0.29, 0.717) is 5.92 Å². The summed E-state index contributed by atoms with van der Waals surface area (Å²) in [6.07, 6.45) is 4.13. The van der Waals surface area contributed by atoms with Crippen LogP contribution in [-0.2, 0) is 13.1 Å². The number of aromatic nitrogens is 3. The number of fused-ring (bicyclic) bond motifs is 1. The number of benzene rings is 1. The Bertz CT molecular complexity index is 1060. The topological polar surface area (TPSA) is 84.9 Å². The largest absolute Gasteiger partial charge is 0.364 e. The molecule has 0 amide bonds. The lowest BCUT2D eigenvalue weighted by molar-refractivity contribution is 0.560. The maximum Gasteiger partial charge on any atom is 0.106 e. The Kier molecular flexibility index (Phi) is 5.35. The van der Waals surface area contributed by atoms with Gasteiger partial charge in [0.1, 0.15) is 5.82 Å². The van der Waals surface area contributed by atoms with Gasteiger partial charge in [-0.2, -0.15) is 0 Å². The molecule has 1 aliphatic rings. The summed E-state index contributed by atoms with van der Waals surface area (Å²) in [5, 5.41) is 14.8. The van der Waals surface area contributed by atoms with Crippen molar-refractivity contribution in [2.24, 2.45) is 0 Å². The summed E-state index contributed by atoms with van der Waals surface area (Å²) in [7, 11) is 0. The monoisotopic (exact) mass is 401 g/mol. The molecule has 154 valence electrons. The van der Waals surface area contributed by atoms with Crippen molar-refractivity contribution < 1.29 is 0 Å². The Hall–Kier alpha value is -3.48. The maximum atomic E-state index is 7.41. The molecule has 1 aliphatic heterocycles. The highest BCUT2D eigenvalue weighted by Crippen LogP contribution is 2.33. The number of imidazole rings is 1. The first-order chi connectivity index (χ1) is 14.5. The average molecular weight is 402 g/mol. The van der Waals surface area contributed by atoms with Gasteiger partial charge in [-0.25, -0.2) is 4.98 Å². The minimum absolute atomic E-state index is 0.330. The molecule has 0 unspecified atom stereocenters. The molecule has 0 fully saturated rings. The van der Waals surface area contributed by atoms with Crippen molar-refractivity contribution in [3.05, 3.63) is 59.8 Å². The lowest BCUT2D eigenvalue weighted by Crippen LogP contribution is -2.34. The van der Waals surface area contributed by atoms with E-state index in [2.05, 4.69) is 53.4 Å². The maximum absolute atomic E-state index is 7.41. The Morgan fingerprint density at radius 1 is 1.07 bits per heavy atom. The van der Waals surface area contributed by atoms with Crippen molar-refractivity contribution in [2.45, 2.75) is 39.8 Å². The molecule has 4 rings (SSSR count). The molecule has 0 spiro atoms. The summed E-state index contributed by atoms with van der Waals surface area (Å²) in [6.45, 7) is 8.99. The third-order valence-electron chi connectivity index (χ3n) is 5.63. The first kappa shape index (κ1) is 19.8. The lowest BCUT2D eigenvalue weighted by Gasteiger charge is -2.31. The highest BCUT2D eigenvalue weighted by Gasteiger charge is 2.25. The number of anilines is 2. The van der Waals surface area contributed by atoms with E-state index in [-0.39, 0.29) is 0 Å². The Morgan fingerprint density at radius 3 is 2.47 bits per heavy atom. The van der Waals surface area contributed by atoms with Crippen molar-refractivity contribution in [1.29, 1.82) is 10.8 Å². The molecule has 0 saturated carbocycles. The van der Waals surface area contributed by atoms with Crippen LogP contribution in [0.1, 0.15) is 37.0 Å². The molecule has 0 atom stereocenters. The van der Waals surface area contributed by atoms with Crippen LogP contribution in [0.25, 0.3) is 11.3 Å². The van der Waals surface area contributed by atoms with Gasteiger partial charge in [-0.15, -0.1) is 0 Å². The molecule has 7 nitrogen and oxygen atoms in total. The molecular formula is C23H27N7. The fourth-order valence-corrected chi connectivity index (χ4v) is 4.08. The summed E-state index contributed by atoms with van der Waals surface area (Å²) in [5.41, 5.74) is 6.38. The van der Waals surface area contributed by atoms with Crippen LogP contribution in [0.2, 0.25) is 0 Å². The van der Waals surface area contributed by atoms with Gasteiger partial charge in [0.15, 0.2) is 0 Å². The third kappa shape index (κ3) is 3.47. The van der Waals surface area contributed by atoms with Gasteiger partial charge in [0.05, 0.1) is 36.3 Å². The average Bonchev–Trinajstić information content (AvgIpc) is 3.11. The molecule has 0 saturated heterocycles. The SMILES string of the molecule is Cc1nc(-c2cccnc2C(C)C)c2n1CCN(c1ccc(N(C=N)C=N)cc1)C2. The van der Waals surface area contributed by atoms with E-state index in [1.54, 1.807) is 0 Å². The van der Waals surface area contributed by atoms with Gasteiger partial charge >= 0.3 is 0 Å². The van der Waals surface area contributed by atoms with Gasteiger partial charge in [-0.05, 0) is 49.2 Å². The first-order valence-electron chi connectivity index (χ1n) is 10.2. The quantitative estimate of drug-likeness (QED) is 0.473.